The van der Waals surface area contributed by atoms with E-state index in [0.717, 1.165) is 25.2 Å². The Balaban J connectivity index is 1.82. The number of carbonyl (C=O) groups is 1. The first-order chi connectivity index (χ1) is 8.67. The molecule has 98 valence electrons. The minimum Gasteiger partial charge on any atom is -0.453 e. The lowest BCUT2D eigenvalue weighted by molar-refractivity contribution is 0.166. The van der Waals surface area contributed by atoms with Gasteiger partial charge in [0.05, 0.1) is 25.2 Å². The molecule has 0 bridgehead atoms. The molecule has 1 fully saturated rings. The fourth-order valence-electron chi connectivity index (χ4n) is 1.97. The minimum atomic E-state index is -0.381. The van der Waals surface area contributed by atoms with Gasteiger partial charge in [-0.2, -0.15) is 0 Å². The molecule has 1 aromatic rings. The van der Waals surface area contributed by atoms with Crippen molar-refractivity contribution in [3.63, 3.8) is 0 Å². The van der Waals surface area contributed by atoms with Crippen LogP contribution in [0.1, 0.15) is 12.1 Å². The Labute approximate surface area is 110 Å². The van der Waals surface area contributed by atoms with Crippen molar-refractivity contribution in [1.29, 1.82) is 0 Å². The third-order valence-corrected chi connectivity index (χ3v) is 3.03. The molecule has 0 saturated carbocycles. The van der Waals surface area contributed by atoms with Crippen LogP contribution in [0.25, 0.3) is 0 Å². The topological polar surface area (TPSA) is 67.3 Å². The molecule has 1 aliphatic rings. The first kappa shape index (κ1) is 13.0. The van der Waals surface area contributed by atoms with Crippen LogP contribution in [0.3, 0.4) is 0 Å². The zero-order chi connectivity index (χ0) is 13.0. The van der Waals surface area contributed by atoms with Crippen LogP contribution in [0, 0.1) is 0 Å². The fourth-order valence-corrected chi connectivity index (χ4v) is 2.07. The predicted molar refractivity (Wildman–Crippen MR) is 66.3 cm³/mol. The Morgan fingerprint density at radius 1 is 1.61 bits per heavy atom. The van der Waals surface area contributed by atoms with Crippen LogP contribution in [0.2, 0.25) is 5.15 Å². The number of halogens is 1. The standard InChI is InChI=1S/C11H15ClN4O2/c1-18-11(17)15-8-2-3-16(6-8)7-9-4-14-10(12)5-13-9/h4-5,8H,2-3,6-7H2,1H3,(H,15,17). The van der Waals surface area contributed by atoms with E-state index in [1.54, 1.807) is 6.20 Å². The van der Waals surface area contributed by atoms with Gasteiger partial charge in [0.15, 0.2) is 0 Å². The fraction of sp³-hybridized carbons (Fsp3) is 0.545. The number of hydrogen-bond acceptors (Lipinski definition) is 5. The third-order valence-electron chi connectivity index (χ3n) is 2.84. The zero-order valence-electron chi connectivity index (χ0n) is 10.1. The van der Waals surface area contributed by atoms with E-state index >= 15 is 0 Å². The summed E-state index contributed by atoms with van der Waals surface area (Å²) in [6.07, 6.45) is 3.74. The van der Waals surface area contributed by atoms with Crippen molar-refractivity contribution in [2.24, 2.45) is 0 Å². The highest BCUT2D eigenvalue weighted by Gasteiger charge is 2.24. The van der Waals surface area contributed by atoms with Crippen LogP contribution < -0.4 is 5.32 Å². The van der Waals surface area contributed by atoms with Crippen molar-refractivity contribution in [3.8, 4) is 0 Å². The van der Waals surface area contributed by atoms with Gasteiger partial charge in [-0.05, 0) is 6.42 Å². The smallest absolute Gasteiger partial charge is 0.407 e. The molecule has 0 aliphatic carbocycles. The second-order valence-electron chi connectivity index (χ2n) is 4.19. The quantitative estimate of drug-likeness (QED) is 0.890. The zero-order valence-corrected chi connectivity index (χ0v) is 10.9. The highest BCUT2D eigenvalue weighted by atomic mass is 35.5. The molecule has 1 unspecified atom stereocenters. The van der Waals surface area contributed by atoms with Crippen molar-refractivity contribution in [3.05, 3.63) is 23.2 Å². The summed E-state index contributed by atoms with van der Waals surface area (Å²) >= 11 is 5.68. The number of likely N-dealkylation sites (tertiary alicyclic amines) is 1. The van der Waals surface area contributed by atoms with Crippen molar-refractivity contribution >= 4 is 17.7 Å². The number of methoxy groups -OCH3 is 1. The highest BCUT2D eigenvalue weighted by Crippen LogP contribution is 2.12. The van der Waals surface area contributed by atoms with Gasteiger partial charge < -0.3 is 10.1 Å². The molecule has 1 atom stereocenters. The molecule has 1 N–H and O–H groups in total. The molecular weight excluding hydrogens is 256 g/mol. The summed E-state index contributed by atoms with van der Waals surface area (Å²) in [4.78, 5) is 21.5. The number of amides is 1. The second kappa shape index (κ2) is 5.97. The summed E-state index contributed by atoms with van der Waals surface area (Å²) < 4.78 is 4.57. The molecular formula is C11H15ClN4O2. The van der Waals surface area contributed by atoms with E-state index in [9.17, 15) is 4.79 Å². The van der Waals surface area contributed by atoms with Crippen molar-refractivity contribution in [1.82, 2.24) is 20.2 Å². The van der Waals surface area contributed by atoms with Gasteiger partial charge in [0.1, 0.15) is 5.15 Å². The van der Waals surface area contributed by atoms with E-state index in [2.05, 4.69) is 24.9 Å². The molecule has 0 aromatic carbocycles. The molecule has 0 radical (unpaired) electrons. The number of carbonyl (C=O) groups excluding carboxylic acids is 1. The molecule has 0 spiro atoms. The molecule has 6 nitrogen and oxygen atoms in total. The van der Waals surface area contributed by atoms with E-state index in [0.29, 0.717) is 11.7 Å². The summed E-state index contributed by atoms with van der Waals surface area (Å²) in [5.41, 5.74) is 0.873. The maximum Gasteiger partial charge on any atom is 0.407 e. The first-order valence-electron chi connectivity index (χ1n) is 5.70. The van der Waals surface area contributed by atoms with Gasteiger partial charge in [-0.25, -0.2) is 9.78 Å². The Morgan fingerprint density at radius 2 is 2.44 bits per heavy atom. The van der Waals surface area contributed by atoms with Gasteiger partial charge in [0.2, 0.25) is 0 Å². The normalized spacial score (nSPS) is 19.8. The lowest BCUT2D eigenvalue weighted by Crippen LogP contribution is -2.36. The average Bonchev–Trinajstić information content (AvgIpc) is 2.79. The van der Waals surface area contributed by atoms with Crippen molar-refractivity contribution in [2.45, 2.75) is 19.0 Å². The number of nitrogens with one attached hydrogen (secondary N) is 1. The van der Waals surface area contributed by atoms with Gasteiger partial charge in [-0.15, -0.1) is 0 Å². The number of aromatic nitrogens is 2. The van der Waals surface area contributed by atoms with Crippen LogP contribution in [-0.2, 0) is 11.3 Å². The number of hydrogen-bond donors (Lipinski definition) is 1. The average molecular weight is 271 g/mol. The van der Waals surface area contributed by atoms with E-state index < -0.39 is 0 Å². The molecule has 18 heavy (non-hydrogen) atoms. The molecule has 2 rings (SSSR count). The summed E-state index contributed by atoms with van der Waals surface area (Å²) in [6, 6.07) is 0.137. The molecule has 1 aliphatic heterocycles. The Kier molecular flexibility index (Phi) is 4.33. The number of alkyl carbamates (subject to hydrolysis) is 1. The first-order valence-corrected chi connectivity index (χ1v) is 6.08. The van der Waals surface area contributed by atoms with E-state index in [-0.39, 0.29) is 12.1 Å². The largest absolute Gasteiger partial charge is 0.453 e. The summed E-state index contributed by atoms with van der Waals surface area (Å²) in [5, 5.41) is 3.19. The number of ether oxygens (including phenoxy) is 1. The summed E-state index contributed by atoms with van der Waals surface area (Å²) in [6.45, 7) is 2.42. The predicted octanol–water partition coefficient (Wildman–Crippen LogP) is 1.06. The van der Waals surface area contributed by atoms with E-state index in [1.165, 1.54) is 13.3 Å². The van der Waals surface area contributed by atoms with E-state index in [1.807, 2.05) is 0 Å². The molecule has 1 aromatic heterocycles. The van der Waals surface area contributed by atoms with Crippen LogP contribution in [0.4, 0.5) is 4.79 Å². The maximum atomic E-state index is 11.1. The number of nitrogens with zero attached hydrogens (tertiary/aromatic N) is 3. The van der Waals surface area contributed by atoms with E-state index in [4.69, 9.17) is 11.6 Å². The van der Waals surface area contributed by atoms with Crippen LogP contribution in [0.15, 0.2) is 12.4 Å². The minimum absolute atomic E-state index is 0.137. The highest BCUT2D eigenvalue weighted by molar-refractivity contribution is 6.29. The Morgan fingerprint density at radius 3 is 3.11 bits per heavy atom. The van der Waals surface area contributed by atoms with Crippen LogP contribution in [-0.4, -0.2) is 47.2 Å². The van der Waals surface area contributed by atoms with Gasteiger partial charge in [0.25, 0.3) is 0 Å². The lowest BCUT2D eigenvalue weighted by Gasteiger charge is -2.15. The lowest BCUT2D eigenvalue weighted by atomic mass is 10.3. The van der Waals surface area contributed by atoms with Crippen molar-refractivity contribution < 1.29 is 9.53 Å². The SMILES string of the molecule is COC(=O)NC1CCN(Cc2cnc(Cl)cn2)C1. The Hall–Kier alpha value is -1.40. The van der Waals surface area contributed by atoms with Crippen LogP contribution >= 0.6 is 11.6 Å². The Bertz CT molecular complexity index is 412. The van der Waals surface area contributed by atoms with Crippen molar-refractivity contribution in [2.75, 3.05) is 20.2 Å². The number of rotatable bonds is 3. The maximum absolute atomic E-state index is 11.1. The van der Waals surface area contributed by atoms with Gasteiger partial charge in [-0.3, -0.25) is 9.88 Å². The summed E-state index contributed by atoms with van der Waals surface area (Å²) in [5.74, 6) is 0. The molecule has 2 heterocycles. The second-order valence-corrected chi connectivity index (χ2v) is 4.57. The third kappa shape index (κ3) is 3.54. The van der Waals surface area contributed by atoms with Gasteiger partial charge >= 0.3 is 6.09 Å². The monoisotopic (exact) mass is 270 g/mol. The summed E-state index contributed by atoms with van der Waals surface area (Å²) in [7, 11) is 1.37. The van der Waals surface area contributed by atoms with Gasteiger partial charge in [-0.1, -0.05) is 11.6 Å². The van der Waals surface area contributed by atoms with Gasteiger partial charge in [0, 0.05) is 25.7 Å². The van der Waals surface area contributed by atoms with Crippen LogP contribution in [0.5, 0.6) is 0 Å². The molecule has 1 amide bonds. The molecule has 7 heteroatoms. The molecule has 1 saturated heterocycles.